The number of pyridine rings is 1. The van der Waals surface area contributed by atoms with Gasteiger partial charge >= 0.3 is 6.03 Å². The molecule has 114 valence electrons. The summed E-state index contributed by atoms with van der Waals surface area (Å²) in [5, 5.41) is 3.25. The molecule has 0 radical (unpaired) electrons. The van der Waals surface area contributed by atoms with Crippen molar-refractivity contribution in [2.24, 2.45) is 0 Å². The van der Waals surface area contributed by atoms with Crippen LogP contribution in [0, 0.1) is 0 Å². The van der Waals surface area contributed by atoms with Crippen LogP contribution in [0.4, 0.5) is 13.6 Å². The van der Waals surface area contributed by atoms with Gasteiger partial charge in [0.05, 0.1) is 12.2 Å². The molecule has 2 amide bonds. The molecule has 1 aliphatic heterocycles. The SMILES string of the molecule is O=C(NC1CCC(F)(F)CC1)N1Cc2ccc(Cl)nc2C1. The van der Waals surface area contributed by atoms with Gasteiger partial charge in [-0.2, -0.15) is 0 Å². The van der Waals surface area contributed by atoms with Crippen LogP contribution < -0.4 is 5.32 Å². The molecule has 4 nitrogen and oxygen atoms in total. The zero-order chi connectivity index (χ0) is 15.0. The summed E-state index contributed by atoms with van der Waals surface area (Å²) in [5.74, 6) is -2.58. The van der Waals surface area contributed by atoms with Gasteiger partial charge in [0, 0.05) is 25.4 Å². The summed E-state index contributed by atoms with van der Waals surface area (Å²) in [6.45, 7) is 0.888. The Balaban J connectivity index is 1.56. The molecule has 1 aliphatic carbocycles. The standard InChI is InChI=1S/C14H16ClF2N3O/c15-12-2-1-9-7-20(8-11(9)19-12)13(21)18-10-3-5-14(16,17)6-4-10/h1-2,10H,3-8H2,(H,18,21). The number of carbonyl (C=O) groups excluding carboxylic acids is 1. The van der Waals surface area contributed by atoms with E-state index in [-0.39, 0.29) is 24.9 Å². The maximum atomic E-state index is 13.1. The molecular weight excluding hydrogens is 300 g/mol. The molecule has 0 bridgehead atoms. The Hall–Kier alpha value is -1.43. The first-order chi connectivity index (χ1) is 9.93. The third-order valence-electron chi connectivity index (χ3n) is 4.07. The zero-order valence-electron chi connectivity index (χ0n) is 11.4. The van der Waals surface area contributed by atoms with Crippen LogP contribution >= 0.6 is 11.6 Å². The molecule has 3 rings (SSSR count). The van der Waals surface area contributed by atoms with E-state index in [1.807, 2.05) is 6.07 Å². The molecule has 1 N–H and O–H groups in total. The smallest absolute Gasteiger partial charge is 0.318 e. The van der Waals surface area contributed by atoms with E-state index in [9.17, 15) is 13.6 Å². The number of alkyl halides is 2. The van der Waals surface area contributed by atoms with Crippen molar-refractivity contribution in [1.82, 2.24) is 15.2 Å². The van der Waals surface area contributed by atoms with Crippen molar-refractivity contribution in [3.63, 3.8) is 0 Å². The molecule has 1 fully saturated rings. The summed E-state index contributed by atoms with van der Waals surface area (Å²) in [6.07, 6.45) is 0.331. The summed E-state index contributed by atoms with van der Waals surface area (Å²) >= 11 is 5.83. The number of nitrogens with zero attached hydrogens (tertiary/aromatic N) is 2. The Bertz CT molecular complexity index is 557. The van der Waals surface area contributed by atoms with E-state index in [1.54, 1.807) is 11.0 Å². The van der Waals surface area contributed by atoms with Crippen molar-refractivity contribution in [2.45, 2.75) is 50.7 Å². The van der Waals surface area contributed by atoms with Crippen molar-refractivity contribution in [3.05, 3.63) is 28.5 Å². The number of nitrogens with one attached hydrogen (secondary N) is 1. The van der Waals surface area contributed by atoms with Crippen LogP contribution in [-0.2, 0) is 13.1 Å². The number of amides is 2. The minimum absolute atomic E-state index is 0.157. The van der Waals surface area contributed by atoms with Crippen LogP contribution in [-0.4, -0.2) is 27.9 Å². The monoisotopic (exact) mass is 315 g/mol. The van der Waals surface area contributed by atoms with Gasteiger partial charge in [-0.05, 0) is 24.5 Å². The maximum absolute atomic E-state index is 13.1. The fourth-order valence-corrected chi connectivity index (χ4v) is 2.99. The summed E-state index contributed by atoms with van der Waals surface area (Å²) in [5.41, 5.74) is 1.78. The van der Waals surface area contributed by atoms with E-state index in [0.717, 1.165) is 11.3 Å². The van der Waals surface area contributed by atoms with Gasteiger partial charge in [0.2, 0.25) is 5.92 Å². The van der Waals surface area contributed by atoms with Gasteiger partial charge in [0.25, 0.3) is 0 Å². The van der Waals surface area contributed by atoms with E-state index in [1.165, 1.54) is 0 Å². The summed E-state index contributed by atoms with van der Waals surface area (Å²) < 4.78 is 26.2. The van der Waals surface area contributed by atoms with E-state index in [2.05, 4.69) is 10.3 Å². The van der Waals surface area contributed by atoms with Crippen LogP contribution in [0.3, 0.4) is 0 Å². The Labute approximate surface area is 126 Å². The first-order valence-electron chi connectivity index (χ1n) is 7.00. The van der Waals surface area contributed by atoms with E-state index in [4.69, 9.17) is 11.6 Å². The Kier molecular flexibility index (Phi) is 3.73. The highest BCUT2D eigenvalue weighted by molar-refractivity contribution is 6.29. The van der Waals surface area contributed by atoms with Crippen molar-refractivity contribution in [1.29, 1.82) is 0 Å². The van der Waals surface area contributed by atoms with Gasteiger partial charge in [-0.25, -0.2) is 18.6 Å². The van der Waals surface area contributed by atoms with E-state index < -0.39 is 5.92 Å². The predicted octanol–water partition coefficient (Wildman–Crippen LogP) is 3.34. The Morgan fingerprint density at radius 3 is 2.76 bits per heavy atom. The van der Waals surface area contributed by atoms with Crippen molar-refractivity contribution < 1.29 is 13.6 Å². The average Bonchev–Trinajstić information content (AvgIpc) is 2.84. The maximum Gasteiger partial charge on any atom is 0.318 e. The summed E-state index contributed by atoms with van der Waals surface area (Å²) in [4.78, 5) is 18.0. The zero-order valence-corrected chi connectivity index (χ0v) is 12.2. The van der Waals surface area contributed by atoms with Gasteiger partial charge in [0.1, 0.15) is 5.15 Å². The third-order valence-corrected chi connectivity index (χ3v) is 4.28. The molecule has 7 heteroatoms. The molecule has 0 saturated heterocycles. The molecule has 0 aromatic carbocycles. The Morgan fingerprint density at radius 1 is 1.33 bits per heavy atom. The predicted molar refractivity (Wildman–Crippen MR) is 74.2 cm³/mol. The largest absolute Gasteiger partial charge is 0.335 e. The number of rotatable bonds is 1. The highest BCUT2D eigenvalue weighted by atomic mass is 35.5. The van der Waals surface area contributed by atoms with Crippen LogP contribution in [0.2, 0.25) is 5.15 Å². The van der Waals surface area contributed by atoms with E-state index >= 15 is 0 Å². The lowest BCUT2D eigenvalue weighted by molar-refractivity contribution is -0.0398. The van der Waals surface area contributed by atoms with Crippen molar-refractivity contribution in [3.8, 4) is 0 Å². The minimum atomic E-state index is -2.58. The third kappa shape index (κ3) is 3.26. The van der Waals surface area contributed by atoms with Crippen LogP contribution in [0.1, 0.15) is 36.9 Å². The second-order valence-electron chi connectivity index (χ2n) is 5.68. The normalized spacial score (nSPS) is 21.2. The van der Waals surface area contributed by atoms with E-state index in [0.29, 0.717) is 31.1 Å². The lowest BCUT2D eigenvalue weighted by atomic mass is 9.92. The second-order valence-corrected chi connectivity index (χ2v) is 6.06. The molecular formula is C14H16ClF2N3O. The van der Waals surface area contributed by atoms with Gasteiger partial charge in [-0.1, -0.05) is 17.7 Å². The van der Waals surface area contributed by atoms with Gasteiger partial charge < -0.3 is 10.2 Å². The van der Waals surface area contributed by atoms with Crippen molar-refractivity contribution in [2.75, 3.05) is 0 Å². The fraction of sp³-hybridized carbons (Fsp3) is 0.571. The topological polar surface area (TPSA) is 45.2 Å². The van der Waals surface area contributed by atoms with Gasteiger partial charge in [-0.15, -0.1) is 0 Å². The number of hydrogen-bond donors (Lipinski definition) is 1. The van der Waals surface area contributed by atoms with Gasteiger partial charge in [-0.3, -0.25) is 0 Å². The lowest BCUT2D eigenvalue weighted by Crippen LogP contribution is -2.45. The number of urea groups is 1. The van der Waals surface area contributed by atoms with Crippen LogP contribution in [0.15, 0.2) is 12.1 Å². The Morgan fingerprint density at radius 2 is 2.05 bits per heavy atom. The average molecular weight is 316 g/mol. The highest BCUT2D eigenvalue weighted by Gasteiger charge is 2.36. The molecule has 0 atom stereocenters. The molecule has 0 unspecified atom stereocenters. The summed E-state index contributed by atoms with van der Waals surface area (Å²) in [7, 11) is 0. The minimum Gasteiger partial charge on any atom is -0.335 e. The van der Waals surface area contributed by atoms with Crippen LogP contribution in [0.5, 0.6) is 0 Å². The second kappa shape index (κ2) is 5.40. The molecule has 2 aliphatic rings. The van der Waals surface area contributed by atoms with Gasteiger partial charge in [0.15, 0.2) is 0 Å². The number of fused-ring (bicyclic) bond motifs is 1. The molecule has 0 spiro atoms. The molecule has 2 heterocycles. The quantitative estimate of drug-likeness (QED) is 0.808. The highest BCUT2D eigenvalue weighted by Crippen LogP contribution is 2.33. The van der Waals surface area contributed by atoms with Crippen LogP contribution in [0.25, 0.3) is 0 Å². The number of aromatic nitrogens is 1. The number of carbonyl (C=O) groups is 1. The first kappa shape index (κ1) is 14.5. The molecule has 1 aromatic rings. The fourth-order valence-electron chi connectivity index (χ4n) is 2.82. The lowest BCUT2D eigenvalue weighted by Gasteiger charge is -2.30. The molecule has 21 heavy (non-hydrogen) atoms. The molecule has 1 saturated carbocycles. The number of halogens is 3. The first-order valence-corrected chi connectivity index (χ1v) is 7.38. The number of hydrogen-bond acceptors (Lipinski definition) is 2. The summed E-state index contributed by atoms with van der Waals surface area (Å²) in [6, 6.07) is 3.17. The van der Waals surface area contributed by atoms with Crippen molar-refractivity contribution >= 4 is 17.6 Å². The molecule has 1 aromatic heterocycles.